The molecule has 7 heteroatoms. The summed E-state index contributed by atoms with van der Waals surface area (Å²) in [5, 5.41) is 8.73. The number of halogens is 4. The van der Waals surface area contributed by atoms with Crippen LogP contribution in [0.4, 0.5) is 13.2 Å². The van der Waals surface area contributed by atoms with Gasteiger partial charge in [0.1, 0.15) is 0 Å². The Hall–Kier alpha value is -0.880. The first-order chi connectivity index (χ1) is 7.40. The van der Waals surface area contributed by atoms with Gasteiger partial charge in [0.05, 0.1) is 5.56 Å². The number of carboxylic acid groups (broad SMARTS) is 1. The fraction of sp³-hybridized carbons (Fsp3) is 0.222. The first-order valence-electron chi connectivity index (χ1n) is 4.03. The van der Waals surface area contributed by atoms with Crippen LogP contribution in [-0.4, -0.2) is 23.0 Å². The van der Waals surface area contributed by atoms with Crippen molar-refractivity contribution in [2.75, 3.05) is 0 Å². The van der Waals surface area contributed by atoms with Gasteiger partial charge in [-0.2, -0.15) is 0 Å². The van der Waals surface area contributed by atoms with Gasteiger partial charge in [-0.3, -0.25) is 0 Å². The molecule has 1 aromatic rings. The second kappa shape index (κ2) is 5.45. The van der Waals surface area contributed by atoms with Crippen molar-refractivity contribution in [1.29, 1.82) is 0 Å². The van der Waals surface area contributed by atoms with E-state index in [1.807, 2.05) is 0 Å². The lowest BCUT2D eigenvalue weighted by atomic mass is 10.2. The molecule has 0 heterocycles. The van der Waals surface area contributed by atoms with Gasteiger partial charge in [-0.25, -0.2) is 18.0 Å². The molecule has 0 saturated carbocycles. The van der Waals surface area contributed by atoms with Crippen LogP contribution in [0.3, 0.4) is 0 Å². The molecule has 0 saturated heterocycles. The van der Waals surface area contributed by atoms with Gasteiger partial charge < -0.3 is 5.11 Å². The van der Waals surface area contributed by atoms with E-state index in [1.165, 1.54) is 6.07 Å². The number of aromatic carboxylic acids is 1. The number of carbonyl (C=O) groups is 1. The summed E-state index contributed by atoms with van der Waals surface area (Å²) in [5.74, 6) is -1.25. The van der Waals surface area contributed by atoms with Gasteiger partial charge in [0, 0.05) is 9.92 Å². The molecule has 0 aromatic heterocycles. The van der Waals surface area contributed by atoms with E-state index < -0.39 is 17.9 Å². The van der Waals surface area contributed by atoms with E-state index in [-0.39, 0.29) is 27.2 Å². The first kappa shape index (κ1) is 13.2. The number of hydrogen-bond acceptors (Lipinski definition) is 2. The lowest BCUT2D eigenvalue weighted by Crippen LogP contribution is -2.06. The number of carboxylic acids is 1. The number of thioether (sulfide) groups is 1. The minimum Gasteiger partial charge on any atom is -0.478 e. The van der Waals surface area contributed by atoms with E-state index in [0.29, 0.717) is 0 Å². The molecule has 1 atom stereocenters. The van der Waals surface area contributed by atoms with Crippen molar-refractivity contribution in [2.24, 2.45) is 0 Å². The maximum atomic E-state index is 12.7. The zero-order valence-corrected chi connectivity index (χ0v) is 9.23. The van der Waals surface area contributed by atoms with Gasteiger partial charge in [0.25, 0.3) is 6.43 Å². The van der Waals surface area contributed by atoms with Crippen LogP contribution in [0.1, 0.15) is 10.4 Å². The summed E-state index contributed by atoms with van der Waals surface area (Å²) in [6, 6.07) is 3.48. The van der Waals surface area contributed by atoms with Crippen LogP contribution >= 0.6 is 23.4 Å². The average molecular weight is 271 g/mol. The molecule has 0 fully saturated rings. The van der Waals surface area contributed by atoms with Crippen molar-refractivity contribution in [2.45, 2.75) is 16.8 Å². The Labute approximate surface area is 98.4 Å². The number of hydrogen-bond donors (Lipinski definition) is 1. The summed E-state index contributed by atoms with van der Waals surface area (Å²) in [5.41, 5.74) is -2.57. The van der Waals surface area contributed by atoms with Crippen LogP contribution in [0, 0.1) is 0 Å². The summed E-state index contributed by atoms with van der Waals surface area (Å²) in [4.78, 5) is 10.7. The highest BCUT2D eigenvalue weighted by Gasteiger charge is 2.21. The van der Waals surface area contributed by atoms with Crippen LogP contribution in [0.15, 0.2) is 23.1 Å². The van der Waals surface area contributed by atoms with Crippen molar-refractivity contribution >= 4 is 29.3 Å². The van der Waals surface area contributed by atoms with E-state index in [1.54, 1.807) is 0 Å². The van der Waals surface area contributed by atoms with Gasteiger partial charge in [-0.1, -0.05) is 23.4 Å². The van der Waals surface area contributed by atoms with E-state index in [4.69, 9.17) is 16.7 Å². The normalized spacial score (nSPS) is 12.8. The van der Waals surface area contributed by atoms with E-state index in [2.05, 4.69) is 0 Å². The minimum absolute atomic E-state index is 0.0534. The Balaban J connectivity index is 2.92. The first-order valence-corrected chi connectivity index (χ1v) is 5.28. The zero-order valence-electron chi connectivity index (χ0n) is 7.66. The Morgan fingerprint density at radius 1 is 1.31 bits per heavy atom. The number of rotatable bonds is 4. The molecule has 1 aromatic carbocycles. The predicted molar refractivity (Wildman–Crippen MR) is 55.2 cm³/mol. The van der Waals surface area contributed by atoms with Crippen molar-refractivity contribution in [3.05, 3.63) is 28.8 Å². The largest absolute Gasteiger partial charge is 0.478 e. The topological polar surface area (TPSA) is 37.3 Å². The second-order valence-electron chi connectivity index (χ2n) is 2.78. The third-order valence-electron chi connectivity index (χ3n) is 1.57. The van der Waals surface area contributed by atoms with Crippen molar-refractivity contribution < 1.29 is 23.1 Å². The monoisotopic (exact) mass is 270 g/mol. The Kier molecular flexibility index (Phi) is 4.49. The van der Waals surface area contributed by atoms with E-state index in [0.717, 1.165) is 12.1 Å². The average Bonchev–Trinajstić information content (AvgIpc) is 2.16. The van der Waals surface area contributed by atoms with Crippen LogP contribution in [-0.2, 0) is 0 Å². The summed E-state index contributed by atoms with van der Waals surface area (Å²) in [7, 11) is 0. The highest BCUT2D eigenvalue weighted by Crippen LogP contribution is 2.31. The van der Waals surface area contributed by atoms with Gasteiger partial charge in [0.2, 0.25) is 5.50 Å². The van der Waals surface area contributed by atoms with Gasteiger partial charge in [-0.05, 0) is 18.2 Å². The third kappa shape index (κ3) is 3.61. The van der Waals surface area contributed by atoms with E-state index >= 15 is 0 Å². The fourth-order valence-electron chi connectivity index (χ4n) is 0.936. The highest BCUT2D eigenvalue weighted by molar-refractivity contribution is 7.99. The van der Waals surface area contributed by atoms with Crippen LogP contribution in [0.5, 0.6) is 0 Å². The third-order valence-corrected chi connectivity index (χ3v) is 2.72. The zero-order chi connectivity index (χ0) is 12.3. The molecule has 88 valence electrons. The van der Waals surface area contributed by atoms with Crippen molar-refractivity contribution in [3.63, 3.8) is 0 Å². The summed E-state index contributed by atoms with van der Waals surface area (Å²) >= 11 is 5.80. The van der Waals surface area contributed by atoms with Crippen molar-refractivity contribution in [3.8, 4) is 0 Å². The molecular weight excluding hydrogens is 265 g/mol. The molecule has 0 aliphatic rings. The van der Waals surface area contributed by atoms with Gasteiger partial charge in [-0.15, -0.1) is 0 Å². The summed E-state index contributed by atoms with van der Waals surface area (Å²) in [6.07, 6.45) is -3.13. The molecule has 1 unspecified atom stereocenters. The van der Waals surface area contributed by atoms with Gasteiger partial charge in [0.15, 0.2) is 0 Å². The molecule has 0 aliphatic heterocycles. The number of alkyl halides is 3. The Morgan fingerprint density at radius 2 is 1.94 bits per heavy atom. The lowest BCUT2D eigenvalue weighted by Gasteiger charge is -2.07. The molecule has 0 spiro atoms. The van der Waals surface area contributed by atoms with Crippen LogP contribution in [0.25, 0.3) is 0 Å². The van der Waals surface area contributed by atoms with Crippen LogP contribution < -0.4 is 0 Å². The molecule has 1 N–H and O–H groups in total. The molecule has 0 bridgehead atoms. The predicted octanol–water partition coefficient (Wildman–Crippen LogP) is 3.69. The molecule has 0 aliphatic carbocycles. The van der Waals surface area contributed by atoms with Crippen LogP contribution in [0.2, 0.25) is 5.02 Å². The molecule has 1 rings (SSSR count). The van der Waals surface area contributed by atoms with Crippen molar-refractivity contribution in [1.82, 2.24) is 0 Å². The SMILES string of the molecule is O=C(O)c1cc(Cl)cc(SC(F)C(F)F)c1. The minimum atomic E-state index is -3.13. The summed E-state index contributed by atoms with van der Waals surface area (Å²) in [6.45, 7) is 0. The highest BCUT2D eigenvalue weighted by atomic mass is 35.5. The second-order valence-corrected chi connectivity index (χ2v) is 4.38. The molecular formula is C9H6ClF3O2S. The maximum absolute atomic E-state index is 12.7. The maximum Gasteiger partial charge on any atom is 0.335 e. The van der Waals surface area contributed by atoms with E-state index in [9.17, 15) is 18.0 Å². The lowest BCUT2D eigenvalue weighted by molar-refractivity contribution is 0.0696. The Bertz CT molecular complexity index is 400. The van der Waals surface area contributed by atoms with Gasteiger partial charge >= 0.3 is 5.97 Å². The standard InChI is InChI=1S/C9H6ClF3O2S/c10-5-1-4(9(14)15)2-6(3-5)16-8(13)7(11)12/h1-3,7-8H,(H,14,15). The fourth-order valence-corrected chi connectivity index (χ4v) is 1.99. The Morgan fingerprint density at radius 3 is 2.44 bits per heavy atom. The smallest absolute Gasteiger partial charge is 0.335 e. The molecule has 0 radical (unpaired) electrons. The quantitative estimate of drug-likeness (QED) is 0.848. The summed E-state index contributed by atoms with van der Waals surface area (Å²) < 4.78 is 36.6. The molecule has 0 amide bonds. The molecule has 2 nitrogen and oxygen atoms in total. The number of benzene rings is 1. The molecule has 16 heavy (non-hydrogen) atoms.